The Kier molecular flexibility index (Phi) is 3.82. The van der Waals surface area contributed by atoms with Gasteiger partial charge in [-0.1, -0.05) is 0 Å². The number of nitrogens with one attached hydrogen (secondary N) is 1. The maximum Gasteiger partial charge on any atom is 0.339 e. The van der Waals surface area contributed by atoms with Gasteiger partial charge in [0.25, 0.3) is 0 Å². The highest BCUT2D eigenvalue weighted by atomic mass is 16.5. The molecule has 1 N–H and O–H groups in total. The lowest BCUT2D eigenvalue weighted by atomic mass is 10.2. The summed E-state index contributed by atoms with van der Waals surface area (Å²) in [6.45, 7) is 3.20. The molecule has 1 aromatic carbocycles. The summed E-state index contributed by atoms with van der Waals surface area (Å²) in [6.07, 6.45) is 1.53. The Bertz CT molecular complexity index is 686. The number of rotatable bonds is 4. The average Bonchev–Trinajstić information content (AvgIpc) is 2.98. The van der Waals surface area contributed by atoms with E-state index >= 15 is 0 Å². The number of ether oxygens (including phenoxy) is 2. The maximum atomic E-state index is 11.5. The van der Waals surface area contributed by atoms with E-state index in [1.54, 1.807) is 6.07 Å². The van der Waals surface area contributed by atoms with Gasteiger partial charge in [-0.05, 0) is 37.3 Å². The Morgan fingerprint density at radius 1 is 1.36 bits per heavy atom. The monoisotopic (exact) mass is 299 g/mol. The van der Waals surface area contributed by atoms with Crippen molar-refractivity contribution in [3.63, 3.8) is 0 Å². The van der Waals surface area contributed by atoms with Crippen molar-refractivity contribution in [1.82, 2.24) is 4.98 Å². The molecular weight excluding hydrogens is 282 g/mol. The Balaban J connectivity index is 1.86. The summed E-state index contributed by atoms with van der Waals surface area (Å²) in [5, 5.41) is 3.23. The molecule has 0 fully saturated rings. The number of benzene rings is 1. The van der Waals surface area contributed by atoms with E-state index in [2.05, 4.69) is 10.3 Å². The number of pyridine rings is 1. The number of methoxy groups -OCH3 is 1. The van der Waals surface area contributed by atoms with Gasteiger partial charge in [0.05, 0.1) is 31.6 Å². The quantitative estimate of drug-likeness (QED) is 0.876. The van der Waals surface area contributed by atoms with Gasteiger partial charge in [-0.3, -0.25) is 0 Å². The van der Waals surface area contributed by atoms with Crippen LogP contribution >= 0.6 is 0 Å². The van der Waals surface area contributed by atoms with Crippen molar-refractivity contribution in [2.24, 2.45) is 0 Å². The van der Waals surface area contributed by atoms with Crippen LogP contribution in [0.2, 0.25) is 0 Å². The van der Waals surface area contributed by atoms with Crippen LogP contribution in [0.3, 0.4) is 0 Å². The van der Waals surface area contributed by atoms with Crippen LogP contribution in [-0.4, -0.2) is 31.3 Å². The number of nitrogens with zero attached hydrogens (tertiary/aromatic N) is 2. The first kappa shape index (κ1) is 14.2. The van der Waals surface area contributed by atoms with E-state index in [1.165, 1.54) is 13.3 Å². The zero-order valence-electron chi connectivity index (χ0n) is 12.5. The number of aromatic nitrogens is 1. The van der Waals surface area contributed by atoms with Crippen LogP contribution in [0.1, 0.15) is 17.3 Å². The molecule has 6 heteroatoms. The molecule has 1 aliphatic heterocycles. The highest BCUT2D eigenvalue weighted by Gasteiger charge is 2.23. The lowest BCUT2D eigenvalue weighted by Gasteiger charge is -2.17. The molecular formula is C16H17N3O3. The Hall–Kier alpha value is -2.76. The number of carbonyl (C=O) groups excluding carboxylic acids is 1. The van der Waals surface area contributed by atoms with Crippen LogP contribution in [0.4, 0.5) is 17.2 Å². The van der Waals surface area contributed by atoms with E-state index in [0.717, 1.165) is 22.9 Å². The lowest BCUT2D eigenvalue weighted by molar-refractivity contribution is 0.0600. The van der Waals surface area contributed by atoms with E-state index in [-0.39, 0.29) is 0 Å². The minimum atomic E-state index is -0.392. The van der Waals surface area contributed by atoms with Gasteiger partial charge < -0.3 is 19.7 Å². The van der Waals surface area contributed by atoms with Crippen molar-refractivity contribution in [3.8, 4) is 5.75 Å². The minimum absolute atomic E-state index is 0.392. The van der Waals surface area contributed by atoms with E-state index in [0.29, 0.717) is 18.8 Å². The van der Waals surface area contributed by atoms with Gasteiger partial charge >= 0.3 is 5.97 Å². The minimum Gasteiger partial charge on any atom is -0.494 e. The Morgan fingerprint density at radius 2 is 2.14 bits per heavy atom. The van der Waals surface area contributed by atoms with Crippen LogP contribution in [0.25, 0.3) is 0 Å². The molecule has 0 saturated heterocycles. The molecule has 1 aliphatic rings. The zero-order chi connectivity index (χ0) is 15.5. The van der Waals surface area contributed by atoms with Gasteiger partial charge in [-0.25, -0.2) is 9.78 Å². The van der Waals surface area contributed by atoms with E-state index in [1.807, 2.05) is 36.1 Å². The lowest BCUT2D eigenvalue weighted by Crippen LogP contribution is -2.16. The van der Waals surface area contributed by atoms with Crippen LogP contribution < -0.4 is 15.0 Å². The highest BCUT2D eigenvalue weighted by molar-refractivity contribution is 5.92. The summed E-state index contributed by atoms with van der Waals surface area (Å²) in [4.78, 5) is 18.0. The second-order valence-electron chi connectivity index (χ2n) is 4.78. The first-order chi connectivity index (χ1) is 10.7. The smallest absolute Gasteiger partial charge is 0.339 e. The van der Waals surface area contributed by atoms with Gasteiger partial charge in [0.1, 0.15) is 5.75 Å². The van der Waals surface area contributed by atoms with Crippen molar-refractivity contribution >= 4 is 23.2 Å². The number of esters is 1. The first-order valence-electron chi connectivity index (χ1n) is 7.05. The number of hydrogen-bond acceptors (Lipinski definition) is 6. The molecule has 0 bridgehead atoms. The molecule has 2 heterocycles. The summed E-state index contributed by atoms with van der Waals surface area (Å²) in [6, 6.07) is 9.58. The van der Waals surface area contributed by atoms with E-state index in [9.17, 15) is 4.79 Å². The SMILES string of the molecule is CCOc1ccc(N2CNc3cc(C(=O)OC)cnc32)cc1. The fraction of sp³-hybridized carbons (Fsp3) is 0.250. The molecule has 0 amide bonds. The van der Waals surface area contributed by atoms with Crippen LogP contribution in [-0.2, 0) is 4.74 Å². The molecule has 22 heavy (non-hydrogen) atoms. The van der Waals surface area contributed by atoms with Gasteiger partial charge in [-0.2, -0.15) is 0 Å². The van der Waals surface area contributed by atoms with E-state index in [4.69, 9.17) is 9.47 Å². The predicted molar refractivity (Wildman–Crippen MR) is 83.8 cm³/mol. The van der Waals surface area contributed by atoms with Gasteiger partial charge in [0, 0.05) is 11.9 Å². The summed E-state index contributed by atoms with van der Waals surface area (Å²) in [5.41, 5.74) is 2.26. The van der Waals surface area contributed by atoms with Crippen LogP contribution in [0.5, 0.6) is 5.75 Å². The van der Waals surface area contributed by atoms with Gasteiger partial charge in [0.15, 0.2) is 5.82 Å². The predicted octanol–water partition coefficient (Wildman–Crippen LogP) is 2.79. The molecule has 0 radical (unpaired) electrons. The normalized spacial score (nSPS) is 12.5. The van der Waals surface area contributed by atoms with Crippen LogP contribution in [0.15, 0.2) is 36.5 Å². The van der Waals surface area contributed by atoms with Crippen molar-refractivity contribution in [2.45, 2.75) is 6.92 Å². The largest absolute Gasteiger partial charge is 0.494 e. The number of carbonyl (C=O) groups is 1. The van der Waals surface area contributed by atoms with Crippen molar-refractivity contribution in [2.75, 3.05) is 30.6 Å². The summed E-state index contributed by atoms with van der Waals surface area (Å²) in [7, 11) is 1.36. The first-order valence-corrected chi connectivity index (χ1v) is 7.05. The molecule has 114 valence electrons. The fourth-order valence-corrected chi connectivity index (χ4v) is 2.37. The van der Waals surface area contributed by atoms with Crippen molar-refractivity contribution in [3.05, 3.63) is 42.1 Å². The second-order valence-corrected chi connectivity index (χ2v) is 4.78. The molecule has 0 unspecified atom stereocenters. The fourth-order valence-electron chi connectivity index (χ4n) is 2.37. The Morgan fingerprint density at radius 3 is 2.82 bits per heavy atom. The maximum absolute atomic E-state index is 11.5. The average molecular weight is 299 g/mol. The summed E-state index contributed by atoms with van der Waals surface area (Å²) < 4.78 is 10.2. The van der Waals surface area contributed by atoms with Gasteiger partial charge in [0.2, 0.25) is 0 Å². The van der Waals surface area contributed by atoms with Crippen molar-refractivity contribution < 1.29 is 14.3 Å². The van der Waals surface area contributed by atoms with E-state index < -0.39 is 5.97 Å². The molecule has 0 saturated carbocycles. The number of hydrogen-bond donors (Lipinski definition) is 1. The summed E-state index contributed by atoms with van der Waals surface area (Å²) >= 11 is 0. The third-order valence-electron chi connectivity index (χ3n) is 3.43. The molecule has 1 aromatic heterocycles. The molecule has 0 spiro atoms. The molecule has 0 aliphatic carbocycles. The van der Waals surface area contributed by atoms with Crippen molar-refractivity contribution in [1.29, 1.82) is 0 Å². The highest BCUT2D eigenvalue weighted by Crippen LogP contribution is 2.35. The zero-order valence-corrected chi connectivity index (χ0v) is 12.5. The Labute approximate surface area is 128 Å². The summed E-state index contributed by atoms with van der Waals surface area (Å²) in [5.74, 6) is 1.24. The molecule has 0 atom stereocenters. The number of fused-ring (bicyclic) bond motifs is 1. The number of anilines is 3. The third kappa shape index (κ3) is 2.55. The van der Waals surface area contributed by atoms with Gasteiger partial charge in [-0.15, -0.1) is 0 Å². The molecule has 3 rings (SSSR count). The topological polar surface area (TPSA) is 63.7 Å². The van der Waals surface area contributed by atoms with Crippen LogP contribution in [0, 0.1) is 0 Å². The molecule has 6 nitrogen and oxygen atoms in total. The third-order valence-corrected chi connectivity index (χ3v) is 3.43. The standard InChI is InChI=1S/C16H17N3O3/c1-3-22-13-6-4-12(5-7-13)19-10-18-14-8-11(16(20)21-2)9-17-15(14)19/h4-9,18H,3,10H2,1-2H3. The molecule has 2 aromatic rings. The second kappa shape index (κ2) is 5.93.